The molecule has 6 heteroatoms. The SMILES string of the molecule is COC(=O)C1CCCN1c1nccn(C2CC2)c1=O. The van der Waals surface area contributed by atoms with Gasteiger partial charge in [0.2, 0.25) is 0 Å². The minimum atomic E-state index is -0.375. The number of aromatic nitrogens is 2. The number of nitrogens with zero attached hydrogens (tertiary/aromatic N) is 3. The number of carbonyl (C=O) groups is 1. The molecule has 1 atom stereocenters. The number of hydrogen-bond donors (Lipinski definition) is 0. The second-order valence-corrected chi connectivity index (χ2v) is 5.07. The van der Waals surface area contributed by atoms with Gasteiger partial charge in [-0.05, 0) is 25.7 Å². The fourth-order valence-electron chi connectivity index (χ4n) is 2.65. The molecule has 1 saturated carbocycles. The van der Waals surface area contributed by atoms with Crippen LogP contribution in [-0.4, -0.2) is 35.2 Å². The summed E-state index contributed by atoms with van der Waals surface area (Å²) >= 11 is 0. The summed E-state index contributed by atoms with van der Waals surface area (Å²) < 4.78 is 6.53. The summed E-state index contributed by atoms with van der Waals surface area (Å²) in [4.78, 5) is 30.1. The van der Waals surface area contributed by atoms with Crippen molar-refractivity contribution in [3.05, 3.63) is 22.7 Å². The molecular formula is C13H17N3O3. The zero-order valence-corrected chi connectivity index (χ0v) is 10.9. The molecule has 1 unspecified atom stereocenters. The molecule has 6 nitrogen and oxygen atoms in total. The molecule has 2 aliphatic rings. The van der Waals surface area contributed by atoms with E-state index in [-0.39, 0.29) is 17.6 Å². The van der Waals surface area contributed by atoms with Gasteiger partial charge in [-0.25, -0.2) is 9.78 Å². The van der Waals surface area contributed by atoms with Gasteiger partial charge in [0, 0.05) is 25.0 Å². The van der Waals surface area contributed by atoms with Crippen LogP contribution in [-0.2, 0) is 9.53 Å². The molecule has 1 aliphatic carbocycles. The molecule has 1 aromatic rings. The third kappa shape index (κ3) is 2.11. The maximum atomic E-state index is 12.4. The Morgan fingerprint density at radius 3 is 2.89 bits per heavy atom. The lowest BCUT2D eigenvalue weighted by molar-refractivity contribution is -0.141. The van der Waals surface area contributed by atoms with E-state index < -0.39 is 0 Å². The van der Waals surface area contributed by atoms with Crippen LogP contribution in [0.25, 0.3) is 0 Å². The van der Waals surface area contributed by atoms with Gasteiger partial charge >= 0.3 is 5.97 Å². The fourth-order valence-corrected chi connectivity index (χ4v) is 2.65. The van der Waals surface area contributed by atoms with Crippen molar-refractivity contribution in [1.29, 1.82) is 0 Å². The summed E-state index contributed by atoms with van der Waals surface area (Å²) in [7, 11) is 1.37. The van der Waals surface area contributed by atoms with Gasteiger partial charge in [-0.15, -0.1) is 0 Å². The molecule has 0 bridgehead atoms. The maximum Gasteiger partial charge on any atom is 0.328 e. The molecule has 0 N–H and O–H groups in total. The van der Waals surface area contributed by atoms with Crippen molar-refractivity contribution in [2.45, 2.75) is 37.8 Å². The maximum absolute atomic E-state index is 12.4. The third-order valence-electron chi connectivity index (χ3n) is 3.79. The molecule has 3 rings (SSSR count). The van der Waals surface area contributed by atoms with Crippen LogP contribution in [0.4, 0.5) is 5.82 Å². The predicted molar refractivity (Wildman–Crippen MR) is 69.2 cm³/mol. The van der Waals surface area contributed by atoms with E-state index in [1.807, 2.05) is 0 Å². The Labute approximate surface area is 111 Å². The van der Waals surface area contributed by atoms with Crippen molar-refractivity contribution in [2.24, 2.45) is 0 Å². The first-order valence-corrected chi connectivity index (χ1v) is 6.64. The largest absolute Gasteiger partial charge is 0.467 e. The molecule has 0 amide bonds. The van der Waals surface area contributed by atoms with E-state index in [0.29, 0.717) is 24.8 Å². The molecule has 102 valence electrons. The Balaban J connectivity index is 1.95. The third-order valence-corrected chi connectivity index (χ3v) is 3.79. The highest BCUT2D eigenvalue weighted by Gasteiger charge is 2.35. The van der Waals surface area contributed by atoms with Gasteiger partial charge in [0.1, 0.15) is 6.04 Å². The predicted octanol–water partition coefficient (Wildman–Crippen LogP) is 0.720. The van der Waals surface area contributed by atoms with Crippen molar-refractivity contribution in [3.8, 4) is 0 Å². The van der Waals surface area contributed by atoms with Crippen LogP contribution in [0.2, 0.25) is 0 Å². The highest BCUT2D eigenvalue weighted by molar-refractivity contribution is 5.80. The smallest absolute Gasteiger partial charge is 0.328 e. The standard InChI is InChI=1S/C13H17N3O3/c1-19-13(18)10-3-2-7-16(10)11-12(17)15(8-6-14-11)9-4-5-9/h6,8-10H,2-5,7H2,1H3. The lowest BCUT2D eigenvalue weighted by Gasteiger charge is -2.23. The zero-order valence-electron chi connectivity index (χ0n) is 10.9. The lowest BCUT2D eigenvalue weighted by atomic mass is 10.2. The van der Waals surface area contributed by atoms with Crippen LogP contribution in [0.15, 0.2) is 17.2 Å². The summed E-state index contributed by atoms with van der Waals surface area (Å²) in [6, 6.07) is -0.0614. The average Bonchev–Trinajstić information content (AvgIpc) is 3.15. The van der Waals surface area contributed by atoms with E-state index in [1.165, 1.54) is 7.11 Å². The van der Waals surface area contributed by atoms with E-state index in [0.717, 1.165) is 19.3 Å². The molecule has 1 saturated heterocycles. The van der Waals surface area contributed by atoms with Crippen molar-refractivity contribution >= 4 is 11.8 Å². The van der Waals surface area contributed by atoms with Crippen LogP contribution >= 0.6 is 0 Å². The number of ether oxygens (including phenoxy) is 1. The summed E-state index contributed by atoms with van der Waals surface area (Å²) in [5.41, 5.74) is -0.0965. The van der Waals surface area contributed by atoms with Gasteiger partial charge in [0.25, 0.3) is 5.56 Å². The minimum Gasteiger partial charge on any atom is -0.467 e. The Morgan fingerprint density at radius 2 is 2.21 bits per heavy atom. The normalized spacial score (nSPS) is 22.6. The van der Waals surface area contributed by atoms with Gasteiger partial charge in [0.05, 0.1) is 7.11 Å². The Hall–Kier alpha value is -1.85. The molecule has 0 spiro atoms. The number of anilines is 1. The van der Waals surface area contributed by atoms with Gasteiger partial charge in [-0.2, -0.15) is 0 Å². The number of hydrogen-bond acceptors (Lipinski definition) is 5. The van der Waals surface area contributed by atoms with Crippen LogP contribution < -0.4 is 10.5 Å². The Kier molecular flexibility index (Phi) is 3.00. The molecule has 1 aliphatic heterocycles. The van der Waals surface area contributed by atoms with E-state index in [9.17, 15) is 9.59 Å². The van der Waals surface area contributed by atoms with Gasteiger partial charge in [-0.3, -0.25) is 4.79 Å². The van der Waals surface area contributed by atoms with Crippen LogP contribution in [0.3, 0.4) is 0 Å². The van der Waals surface area contributed by atoms with E-state index in [2.05, 4.69) is 4.98 Å². The fraction of sp³-hybridized carbons (Fsp3) is 0.615. The first kappa shape index (κ1) is 12.2. The topological polar surface area (TPSA) is 64.4 Å². The number of carbonyl (C=O) groups excluding carboxylic acids is 1. The van der Waals surface area contributed by atoms with Crippen molar-refractivity contribution in [2.75, 3.05) is 18.6 Å². The molecule has 19 heavy (non-hydrogen) atoms. The van der Waals surface area contributed by atoms with Crippen LogP contribution in [0, 0.1) is 0 Å². The molecule has 0 radical (unpaired) electrons. The Morgan fingerprint density at radius 1 is 1.42 bits per heavy atom. The zero-order chi connectivity index (χ0) is 13.4. The van der Waals surface area contributed by atoms with Crippen LogP contribution in [0.1, 0.15) is 31.7 Å². The molecule has 2 fully saturated rings. The van der Waals surface area contributed by atoms with Gasteiger partial charge in [-0.1, -0.05) is 0 Å². The molecular weight excluding hydrogens is 246 g/mol. The Bertz CT molecular complexity index is 550. The summed E-state index contributed by atoms with van der Waals surface area (Å²) in [6.07, 6.45) is 7.05. The van der Waals surface area contributed by atoms with Crippen molar-refractivity contribution < 1.29 is 9.53 Å². The highest BCUT2D eigenvalue weighted by Crippen LogP contribution is 2.33. The van der Waals surface area contributed by atoms with Gasteiger partial charge < -0.3 is 14.2 Å². The highest BCUT2D eigenvalue weighted by atomic mass is 16.5. The molecule has 0 aromatic carbocycles. The number of methoxy groups -OCH3 is 1. The first-order valence-electron chi connectivity index (χ1n) is 6.64. The number of rotatable bonds is 3. The van der Waals surface area contributed by atoms with E-state index >= 15 is 0 Å². The van der Waals surface area contributed by atoms with Crippen molar-refractivity contribution in [3.63, 3.8) is 0 Å². The molecule has 1 aromatic heterocycles. The van der Waals surface area contributed by atoms with Gasteiger partial charge in [0.15, 0.2) is 5.82 Å². The molecule has 2 heterocycles. The second kappa shape index (κ2) is 4.68. The monoisotopic (exact) mass is 263 g/mol. The lowest BCUT2D eigenvalue weighted by Crippen LogP contribution is -2.41. The quantitative estimate of drug-likeness (QED) is 0.752. The first-order chi connectivity index (χ1) is 9.22. The van der Waals surface area contributed by atoms with Crippen molar-refractivity contribution in [1.82, 2.24) is 9.55 Å². The summed E-state index contributed by atoms with van der Waals surface area (Å²) in [6.45, 7) is 0.677. The average molecular weight is 263 g/mol. The summed E-state index contributed by atoms with van der Waals surface area (Å²) in [5, 5.41) is 0. The van der Waals surface area contributed by atoms with E-state index in [1.54, 1.807) is 21.9 Å². The number of esters is 1. The van der Waals surface area contributed by atoms with Crippen LogP contribution in [0.5, 0.6) is 0 Å². The second-order valence-electron chi connectivity index (χ2n) is 5.07. The van der Waals surface area contributed by atoms with E-state index in [4.69, 9.17) is 4.74 Å². The minimum absolute atomic E-state index is 0.0965. The summed E-state index contributed by atoms with van der Waals surface area (Å²) in [5.74, 6) is 0.0859.